The number of nitrogens with zero attached hydrogens (tertiary/aromatic N) is 2. The van der Waals surface area contributed by atoms with Crippen LogP contribution in [0.1, 0.15) is 15.9 Å². The molecule has 0 bridgehead atoms. The normalized spacial score (nSPS) is 10.5. The van der Waals surface area contributed by atoms with Crippen LogP contribution in [0.25, 0.3) is 0 Å². The summed E-state index contributed by atoms with van der Waals surface area (Å²) in [5.74, 6) is -0.340. The van der Waals surface area contributed by atoms with E-state index in [0.717, 1.165) is 6.07 Å². The van der Waals surface area contributed by atoms with E-state index in [4.69, 9.17) is 14.2 Å². The molecule has 0 aromatic heterocycles. The van der Waals surface area contributed by atoms with Crippen molar-refractivity contribution >= 4 is 17.8 Å². The molecule has 0 fully saturated rings. The molecule has 2 rings (SSSR count). The fourth-order valence-electron chi connectivity index (χ4n) is 2.19. The zero-order chi connectivity index (χ0) is 20.0. The van der Waals surface area contributed by atoms with Crippen molar-refractivity contribution in [3.05, 3.63) is 51.6 Å². The molecule has 2 N–H and O–H groups in total. The lowest BCUT2D eigenvalue weighted by molar-refractivity contribution is -0.386. The van der Waals surface area contributed by atoms with Crippen LogP contribution in [-0.4, -0.2) is 43.5 Å². The summed E-state index contributed by atoms with van der Waals surface area (Å²) in [5, 5.41) is 24.5. The number of nitro groups is 1. The van der Waals surface area contributed by atoms with E-state index in [1.807, 2.05) is 0 Å². The second kappa shape index (κ2) is 8.52. The molecule has 0 saturated heterocycles. The molecule has 0 heterocycles. The molecule has 1 amide bonds. The number of hydrazone groups is 1. The van der Waals surface area contributed by atoms with Gasteiger partial charge >= 0.3 is 5.69 Å². The number of carbonyl (C=O) groups is 1. The Labute approximate surface area is 154 Å². The molecule has 10 nitrogen and oxygen atoms in total. The topological polar surface area (TPSA) is 133 Å². The fourth-order valence-corrected chi connectivity index (χ4v) is 2.19. The van der Waals surface area contributed by atoms with Crippen LogP contribution >= 0.6 is 0 Å². The summed E-state index contributed by atoms with van der Waals surface area (Å²) in [6.07, 6.45) is 1.19. The Morgan fingerprint density at radius 3 is 2.37 bits per heavy atom. The van der Waals surface area contributed by atoms with Gasteiger partial charge in [-0.2, -0.15) is 5.10 Å². The van der Waals surface area contributed by atoms with E-state index in [2.05, 4.69) is 10.5 Å². The molecule has 2 aromatic carbocycles. The van der Waals surface area contributed by atoms with Gasteiger partial charge in [-0.1, -0.05) is 0 Å². The van der Waals surface area contributed by atoms with Crippen LogP contribution < -0.4 is 19.6 Å². The third-order valence-electron chi connectivity index (χ3n) is 3.52. The third-order valence-corrected chi connectivity index (χ3v) is 3.52. The third kappa shape index (κ3) is 4.42. The van der Waals surface area contributed by atoms with E-state index in [-0.39, 0.29) is 16.9 Å². The van der Waals surface area contributed by atoms with Crippen molar-refractivity contribution in [2.75, 3.05) is 21.3 Å². The van der Waals surface area contributed by atoms with E-state index in [1.165, 1.54) is 45.7 Å². The molecule has 0 saturated carbocycles. The number of aromatic hydroxyl groups is 1. The highest BCUT2D eigenvalue weighted by Crippen LogP contribution is 2.36. The number of nitro benzene ring substituents is 1. The van der Waals surface area contributed by atoms with E-state index >= 15 is 0 Å². The van der Waals surface area contributed by atoms with Crippen molar-refractivity contribution in [1.82, 2.24) is 5.43 Å². The predicted molar refractivity (Wildman–Crippen MR) is 95.9 cm³/mol. The summed E-state index contributed by atoms with van der Waals surface area (Å²) in [6.45, 7) is 0. The van der Waals surface area contributed by atoms with Crippen LogP contribution in [0.2, 0.25) is 0 Å². The first-order valence-corrected chi connectivity index (χ1v) is 7.52. The van der Waals surface area contributed by atoms with Crippen LogP contribution in [0.5, 0.6) is 23.0 Å². The van der Waals surface area contributed by atoms with Gasteiger partial charge in [0.05, 0.1) is 32.5 Å². The zero-order valence-electron chi connectivity index (χ0n) is 14.8. The van der Waals surface area contributed by atoms with Gasteiger partial charge in [0.2, 0.25) is 5.75 Å². The average molecular weight is 375 g/mol. The van der Waals surface area contributed by atoms with Gasteiger partial charge < -0.3 is 19.3 Å². The van der Waals surface area contributed by atoms with Gasteiger partial charge in [0.25, 0.3) is 5.91 Å². The summed E-state index contributed by atoms with van der Waals surface area (Å²) in [4.78, 5) is 22.4. The summed E-state index contributed by atoms with van der Waals surface area (Å²) >= 11 is 0. The average Bonchev–Trinajstić information content (AvgIpc) is 2.67. The number of hydrogen-bond acceptors (Lipinski definition) is 8. The van der Waals surface area contributed by atoms with Crippen LogP contribution in [0.4, 0.5) is 5.69 Å². The number of phenols is 1. The number of methoxy groups -OCH3 is 3. The van der Waals surface area contributed by atoms with E-state index in [9.17, 15) is 20.0 Å². The molecular weight excluding hydrogens is 358 g/mol. The molecule has 0 aliphatic rings. The van der Waals surface area contributed by atoms with Gasteiger partial charge in [0.15, 0.2) is 17.2 Å². The smallest absolute Gasteiger partial charge is 0.315 e. The summed E-state index contributed by atoms with van der Waals surface area (Å²) < 4.78 is 15.1. The van der Waals surface area contributed by atoms with E-state index in [0.29, 0.717) is 11.5 Å². The van der Waals surface area contributed by atoms with Crippen LogP contribution in [0, 0.1) is 10.1 Å². The molecule has 0 radical (unpaired) electrons. The van der Waals surface area contributed by atoms with Crippen LogP contribution in [-0.2, 0) is 0 Å². The molecule has 0 atom stereocenters. The maximum absolute atomic E-state index is 12.2. The molecule has 0 aliphatic heterocycles. The minimum Gasteiger partial charge on any atom is -0.500 e. The van der Waals surface area contributed by atoms with Gasteiger partial charge in [0, 0.05) is 17.2 Å². The largest absolute Gasteiger partial charge is 0.500 e. The Kier molecular flexibility index (Phi) is 6.15. The molecule has 10 heteroatoms. The Morgan fingerprint density at radius 1 is 1.11 bits per heavy atom. The minimum absolute atomic E-state index is 0.0862. The van der Waals surface area contributed by atoms with E-state index in [1.54, 1.807) is 6.07 Å². The Bertz CT molecular complexity index is 896. The first-order valence-electron chi connectivity index (χ1n) is 7.52. The van der Waals surface area contributed by atoms with Crippen molar-refractivity contribution in [3.8, 4) is 23.0 Å². The number of nitrogens with one attached hydrogen (secondary N) is 1. The highest BCUT2D eigenvalue weighted by molar-refractivity contribution is 5.95. The van der Waals surface area contributed by atoms with Crippen LogP contribution in [0.3, 0.4) is 0 Å². The number of phenolic OH excluding ortho intramolecular Hbond substituents is 1. The number of amides is 1. The number of carbonyl (C=O) groups excluding carboxylic acids is 1. The first-order chi connectivity index (χ1) is 12.9. The monoisotopic (exact) mass is 375 g/mol. The van der Waals surface area contributed by atoms with Crippen molar-refractivity contribution in [3.63, 3.8) is 0 Å². The minimum atomic E-state index is -0.753. The van der Waals surface area contributed by atoms with Gasteiger partial charge in [-0.3, -0.25) is 14.9 Å². The van der Waals surface area contributed by atoms with Crippen molar-refractivity contribution < 1.29 is 29.0 Å². The van der Waals surface area contributed by atoms with Gasteiger partial charge in [-0.25, -0.2) is 5.43 Å². The second-order valence-corrected chi connectivity index (χ2v) is 5.12. The highest BCUT2D eigenvalue weighted by Gasteiger charge is 2.19. The predicted octanol–water partition coefficient (Wildman–Crippen LogP) is 2.09. The first kappa shape index (κ1) is 19.5. The maximum Gasteiger partial charge on any atom is 0.315 e. The Morgan fingerprint density at radius 2 is 1.78 bits per heavy atom. The molecular formula is C17H17N3O7. The zero-order valence-corrected chi connectivity index (χ0v) is 14.8. The molecule has 27 heavy (non-hydrogen) atoms. The molecule has 142 valence electrons. The highest BCUT2D eigenvalue weighted by atomic mass is 16.6. The van der Waals surface area contributed by atoms with Gasteiger partial charge in [-0.05, 0) is 24.3 Å². The Hall–Kier alpha value is -3.82. The SMILES string of the molecule is COc1ccc(C(=O)N/N=C/c2cc(OC)c(O)c([N+](=O)[O-])c2)cc1OC. The standard InChI is InChI=1S/C17H17N3O7/c1-25-13-5-4-11(8-14(13)26-2)17(22)19-18-9-10-6-12(20(23)24)16(21)15(7-10)27-3/h4-9,21H,1-3H3,(H,19,22)/b18-9+. The quantitative estimate of drug-likeness (QED) is 0.430. The van der Waals surface area contributed by atoms with Crippen molar-refractivity contribution in [2.45, 2.75) is 0 Å². The number of benzene rings is 2. The number of ether oxygens (including phenoxy) is 3. The lowest BCUT2D eigenvalue weighted by Gasteiger charge is -2.08. The lowest BCUT2D eigenvalue weighted by atomic mass is 10.2. The molecule has 0 unspecified atom stereocenters. The lowest BCUT2D eigenvalue weighted by Crippen LogP contribution is -2.17. The summed E-state index contributed by atoms with van der Waals surface area (Å²) in [7, 11) is 4.19. The molecule has 2 aromatic rings. The summed E-state index contributed by atoms with van der Waals surface area (Å²) in [5.41, 5.74) is 2.29. The van der Waals surface area contributed by atoms with Crippen LogP contribution in [0.15, 0.2) is 35.4 Å². The van der Waals surface area contributed by atoms with Gasteiger partial charge in [0.1, 0.15) is 0 Å². The maximum atomic E-state index is 12.2. The Balaban J connectivity index is 2.19. The number of rotatable bonds is 7. The van der Waals surface area contributed by atoms with E-state index < -0.39 is 22.3 Å². The van der Waals surface area contributed by atoms with Crippen molar-refractivity contribution in [2.24, 2.45) is 5.10 Å². The summed E-state index contributed by atoms with van der Waals surface area (Å²) in [6, 6.07) is 7.03. The molecule has 0 spiro atoms. The van der Waals surface area contributed by atoms with Crippen molar-refractivity contribution in [1.29, 1.82) is 0 Å². The van der Waals surface area contributed by atoms with Gasteiger partial charge in [-0.15, -0.1) is 0 Å². The fraction of sp³-hybridized carbons (Fsp3) is 0.176. The number of hydrogen-bond donors (Lipinski definition) is 2. The molecule has 0 aliphatic carbocycles. The second-order valence-electron chi connectivity index (χ2n) is 5.12.